The van der Waals surface area contributed by atoms with E-state index in [2.05, 4.69) is 21.2 Å². The predicted molar refractivity (Wildman–Crippen MR) is 97.3 cm³/mol. The van der Waals surface area contributed by atoms with E-state index in [4.69, 9.17) is 9.47 Å². The van der Waals surface area contributed by atoms with Crippen molar-refractivity contribution in [2.45, 2.75) is 12.8 Å². The summed E-state index contributed by atoms with van der Waals surface area (Å²) >= 11 is 3.44. The molecule has 0 bridgehead atoms. The summed E-state index contributed by atoms with van der Waals surface area (Å²) in [7, 11) is 3.08. The number of methoxy groups -OCH3 is 2. The fourth-order valence-corrected chi connectivity index (χ4v) is 2.81. The van der Waals surface area contributed by atoms with E-state index in [0.717, 1.165) is 10.0 Å². The highest BCUT2D eigenvalue weighted by molar-refractivity contribution is 9.10. The first kappa shape index (κ1) is 18.7. The summed E-state index contributed by atoms with van der Waals surface area (Å²) in [5.41, 5.74) is 0.919. The lowest BCUT2D eigenvalue weighted by Crippen LogP contribution is -2.13. The molecule has 2 aromatic rings. The average Bonchev–Trinajstić information content (AvgIpc) is 2.60. The molecule has 0 saturated carbocycles. The van der Waals surface area contributed by atoms with Gasteiger partial charge in [-0.25, -0.2) is 0 Å². The molecule has 1 N–H and O–H groups in total. The van der Waals surface area contributed by atoms with Gasteiger partial charge in [0.05, 0.1) is 19.1 Å². The highest BCUT2D eigenvalue weighted by atomic mass is 79.9. The number of amides is 1. The Kier molecular flexibility index (Phi) is 6.35. The summed E-state index contributed by atoms with van der Waals surface area (Å²) in [6.45, 7) is 0. The van der Waals surface area contributed by atoms with Gasteiger partial charge in [0.2, 0.25) is 5.91 Å². The van der Waals surface area contributed by atoms with E-state index in [9.17, 15) is 14.9 Å². The summed E-state index contributed by atoms with van der Waals surface area (Å²) in [4.78, 5) is 22.6. The van der Waals surface area contributed by atoms with Crippen molar-refractivity contribution in [3.05, 3.63) is 56.5 Å². The van der Waals surface area contributed by atoms with E-state index in [-0.39, 0.29) is 23.7 Å². The van der Waals surface area contributed by atoms with Gasteiger partial charge in [0.25, 0.3) is 5.69 Å². The summed E-state index contributed by atoms with van der Waals surface area (Å²) in [5.74, 6) is 0.846. The molecule has 25 heavy (non-hydrogen) atoms. The molecule has 0 radical (unpaired) electrons. The van der Waals surface area contributed by atoms with Gasteiger partial charge in [-0.15, -0.1) is 0 Å². The van der Waals surface area contributed by atoms with Crippen LogP contribution in [0.25, 0.3) is 0 Å². The van der Waals surface area contributed by atoms with E-state index in [1.807, 2.05) is 0 Å². The molecule has 0 unspecified atom stereocenters. The van der Waals surface area contributed by atoms with Gasteiger partial charge in [0.15, 0.2) is 11.5 Å². The quantitative estimate of drug-likeness (QED) is 0.553. The standard InChI is InChI=1S/C17H17BrN2O5/c1-24-15-9-11(12(18)10-16(15)25-2)7-8-17(21)19-13-5-3-4-6-14(13)20(22)23/h3-6,9-10H,7-8H2,1-2H3,(H,19,21). The first-order valence-corrected chi connectivity index (χ1v) is 8.19. The maximum absolute atomic E-state index is 12.1. The van der Waals surface area contributed by atoms with Crippen LogP contribution in [0.5, 0.6) is 11.5 Å². The Morgan fingerprint density at radius 2 is 1.84 bits per heavy atom. The maximum atomic E-state index is 12.1. The molecule has 0 heterocycles. The molecular weight excluding hydrogens is 392 g/mol. The zero-order valence-electron chi connectivity index (χ0n) is 13.7. The van der Waals surface area contributed by atoms with Crippen molar-refractivity contribution in [2.75, 3.05) is 19.5 Å². The van der Waals surface area contributed by atoms with Crippen molar-refractivity contribution in [1.82, 2.24) is 0 Å². The number of para-hydroxylation sites is 2. The van der Waals surface area contributed by atoms with Crippen molar-refractivity contribution in [3.63, 3.8) is 0 Å². The minimum Gasteiger partial charge on any atom is -0.493 e. The topological polar surface area (TPSA) is 90.7 Å². The van der Waals surface area contributed by atoms with Crippen molar-refractivity contribution >= 4 is 33.2 Å². The second-order valence-electron chi connectivity index (χ2n) is 5.12. The number of halogens is 1. The minimum absolute atomic E-state index is 0.136. The van der Waals surface area contributed by atoms with Gasteiger partial charge < -0.3 is 14.8 Å². The average molecular weight is 409 g/mol. The number of nitrogens with one attached hydrogen (secondary N) is 1. The molecule has 132 valence electrons. The molecule has 2 rings (SSSR count). The smallest absolute Gasteiger partial charge is 0.292 e. The zero-order valence-corrected chi connectivity index (χ0v) is 15.3. The van der Waals surface area contributed by atoms with Crippen LogP contribution in [0, 0.1) is 10.1 Å². The second kappa shape index (κ2) is 8.48. The molecule has 0 aliphatic heterocycles. The third-order valence-corrected chi connectivity index (χ3v) is 4.29. The van der Waals surface area contributed by atoms with Crippen molar-refractivity contribution in [2.24, 2.45) is 0 Å². The lowest BCUT2D eigenvalue weighted by Gasteiger charge is -2.12. The number of nitrogens with zero attached hydrogens (tertiary/aromatic N) is 1. The van der Waals surface area contributed by atoms with Gasteiger partial charge in [-0.3, -0.25) is 14.9 Å². The Balaban J connectivity index is 2.07. The Morgan fingerprint density at radius 1 is 1.20 bits per heavy atom. The molecule has 0 aliphatic carbocycles. The number of nitro groups is 1. The number of anilines is 1. The van der Waals surface area contributed by atoms with E-state index in [1.54, 1.807) is 31.4 Å². The third-order valence-electron chi connectivity index (χ3n) is 3.55. The van der Waals surface area contributed by atoms with Crippen LogP contribution in [0.1, 0.15) is 12.0 Å². The number of rotatable bonds is 7. The first-order chi connectivity index (χ1) is 12.0. The monoisotopic (exact) mass is 408 g/mol. The van der Waals surface area contributed by atoms with E-state index < -0.39 is 4.92 Å². The number of hydrogen-bond donors (Lipinski definition) is 1. The number of benzene rings is 2. The Labute approximate surface area is 153 Å². The number of aryl methyl sites for hydroxylation is 1. The van der Waals surface area contributed by atoms with E-state index in [0.29, 0.717) is 17.9 Å². The largest absolute Gasteiger partial charge is 0.493 e. The Hall–Kier alpha value is -2.61. The van der Waals surface area contributed by atoms with Gasteiger partial charge in [-0.05, 0) is 30.2 Å². The first-order valence-electron chi connectivity index (χ1n) is 7.40. The molecular formula is C17H17BrN2O5. The molecule has 0 fully saturated rings. The number of carbonyl (C=O) groups is 1. The second-order valence-corrected chi connectivity index (χ2v) is 5.98. The van der Waals surface area contributed by atoms with Crippen molar-refractivity contribution in [3.8, 4) is 11.5 Å². The van der Waals surface area contributed by atoms with Crippen molar-refractivity contribution < 1.29 is 19.2 Å². The number of nitro benzene ring substituents is 1. The third kappa shape index (κ3) is 4.69. The summed E-state index contributed by atoms with van der Waals surface area (Å²) in [5, 5.41) is 13.6. The molecule has 7 nitrogen and oxygen atoms in total. The molecule has 0 aromatic heterocycles. The van der Waals surface area contributed by atoms with Gasteiger partial charge in [0.1, 0.15) is 5.69 Å². The normalized spacial score (nSPS) is 10.2. The van der Waals surface area contributed by atoms with Crippen LogP contribution in [-0.4, -0.2) is 25.1 Å². The molecule has 0 spiro atoms. The number of carbonyl (C=O) groups excluding carboxylic acids is 1. The Morgan fingerprint density at radius 3 is 2.48 bits per heavy atom. The molecule has 0 atom stereocenters. The summed E-state index contributed by atoms with van der Waals surface area (Å²) < 4.78 is 11.3. The molecule has 0 aliphatic rings. The zero-order chi connectivity index (χ0) is 18.4. The number of ether oxygens (including phenoxy) is 2. The molecule has 0 saturated heterocycles. The van der Waals surface area contributed by atoms with Crippen LogP contribution in [0.4, 0.5) is 11.4 Å². The van der Waals surface area contributed by atoms with E-state index in [1.165, 1.54) is 19.2 Å². The van der Waals surface area contributed by atoms with Gasteiger partial charge in [0, 0.05) is 17.0 Å². The number of hydrogen-bond acceptors (Lipinski definition) is 5. The fourth-order valence-electron chi connectivity index (χ4n) is 2.29. The molecule has 1 amide bonds. The van der Waals surface area contributed by atoms with Crippen LogP contribution in [0.15, 0.2) is 40.9 Å². The van der Waals surface area contributed by atoms with Gasteiger partial charge in [-0.2, -0.15) is 0 Å². The van der Waals surface area contributed by atoms with Crippen LogP contribution in [0.3, 0.4) is 0 Å². The fraction of sp³-hybridized carbons (Fsp3) is 0.235. The van der Waals surface area contributed by atoms with Crippen LogP contribution in [0.2, 0.25) is 0 Å². The van der Waals surface area contributed by atoms with Gasteiger partial charge in [-0.1, -0.05) is 28.1 Å². The van der Waals surface area contributed by atoms with Crippen LogP contribution < -0.4 is 14.8 Å². The maximum Gasteiger partial charge on any atom is 0.292 e. The van der Waals surface area contributed by atoms with Crippen LogP contribution in [-0.2, 0) is 11.2 Å². The highest BCUT2D eigenvalue weighted by Gasteiger charge is 2.16. The SMILES string of the molecule is COc1cc(Br)c(CCC(=O)Nc2ccccc2[N+](=O)[O-])cc1OC. The molecule has 2 aromatic carbocycles. The van der Waals surface area contributed by atoms with E-state index >= 15 is 0 Å². The summed E-state index contributed by atoms with van der Waals surface area (Å²) in [6, 6.07) is 9.60. The lowest BCUT2D eigenvalue weighted by atomic mass is 10.1. The van der Waals surface area contributed by atoms with Gasteiger partial charge >= 0.3 is 0 Å². The highest BCUT2D eigenvalue weighted by Crippen LogP contribution is 2.34. The summed E-state index contributed by atoms with van der Waals surface area (Å²) in [6.07, 6.45) is 0.605. The Bertz CT molecular complexity index is 795. The molecule has 8 heteroatoms. The lowest BCUT2D eigenvalue weighted by molar-refractivity contribution is -0.383. The predicted octanol–water partition coefficient (Wildman–Crippen LogP) is 3.95. The van der Waals surface area contributed by atoms with Crippen molar-refractivity contribution in [1.29, 1.82) is 0 Å². The van der Waals surface area contributed by atoms with Crippen LogP contribution >= 0.6 is 15.9 Å². The minimum atomic E-state index is -0.527.